The number of aldehydes is 1. The molecular weight excluding hydrogens is 230 g/mol. The third-order valence-corrected chi connectivity index (χ3v) is 2.10. The molecule has 1 rings (SSSR count). The number of benzene rings is 1. The molecule has 0 aliphatic heterocycles. The van der Waals surface area contributed by atoms with Crippen molar-refractivity contribution in [2.24, 2.45) is 5.73 Å². The van der Waals surface area contributed by atoms with Crippen LogP contribution in [0.4, 0.5) is 0 Å². The molecule has 16 heavy (non-hydrogen) atoms. The Morgan fingerprint density at radius 2 is 2.06 bits per heavy atom. The monoisotopic (exact) mass is 239 g/mol. The summed E-state index contributed by atoms with van der Waals surface area (Å²) in [5.41, 5.74) is 5.42. The van der Waals surface area contributed by atoms with Crippen LogP contribution in [0.3, 0.4) is 0 Å². The smallest absolute Gasteiger partial charge is 0.221 e. The molecule has 3 N–H and O–H groups in total. The first-order valence-corrected chi connectivity index (χ1v) is 4.85. The van der Waals surface area contributed by atoms with Crippen LogP contribution >= 0.6 is 11.6 Å². The van der Waals surface area contributed by atoms with Crippen LogP contribution in [0.5, 0.6) is 5.75 Å². The lowest BCUT2D eigenvalue weighted by Crippen LogP contribution is -2.07. The van der Waals surface area contributed by atoms with Gasteiger partial charge in [0.05, 0.1) is 5.56 Å². The molecule has 5 heteroatoms. The molecule has 0 bridgehead atoms. The number of carbonyl (C=O) groups excluding carboxylic acids is 2. The van der Waals surface area contributed by atoms with Gasteiger partial charge in [-0.25, -0.2) is 0 Å². The van der Waals surface area contributed by atoms with E-state index in [9.17, 15) is 14.7 Å². The fraction of sp³-hybridized carbons (Fsp3) is 0.0909. The standard InChI is InChI=1S/C11H10ClNO3/c12-9-4-7(2-1-3-10(13)15)11(16)8(5-9)6-14/h1-2,4-6,16H,3H2,(H2,13,15). The highest BCUT2D eigenvalue weighted by Crippen LogP contribution is 2.27. The van der Waals surface area contributed by atoms with Crippen LogP contribution in [0.25, 0.3) is 6.08 Å². The molecule has 0 radical (unpaired) electrons. The van der Waals surface area contributed by atoms with Crippen molar-refractivity contribution < 1.29 is 14.7 Å². The second-order valence-electron chi connectivity index (χ2n) is 3.12. The fourth-order valence-corrected chi connectivity index (χ4v) is 1.40. The minimum absolute atomic E-state index is 0.0579. The molecule has 0 saturated heterocycles. The van der Waals surface area contributed by atoms with Crippen LogP contribution in [0, 0.1) is 0 Å². The molecule has 0 aliphatic carbocycles. The zero-order valence-corrected chi connectivity index (χ0v) is 9.07. The molecule has 0 saturated carbocycles. The topological polar surface area (TPSA) is 80.4 Å². The van der Waals surface area contributed by atoms with Gasteiger partial charge in [-0.2, -0.15) is 0 Å². The minimum Gasteiger partial charge on any atom is -0.507 e. The van der Waals surface area contributed by atoms with Gasteiger partial charge < -0.3 is 10.8 Å². The number of hydrogen-bond donors (Lipinski definition) is 2. The Hall–Kier alpha value is -1.81. The quantitative estimate of drug-likeness (QED) is 0.786. The highest BCUT2D eigenvalue weighted by molar-refractivity contribution is 6.31. The number of phenolic OH excluding ortho intramolecular Hbond substituents is 1. The summed E-state index contributed by atoms with van der Waals surface area (Å²) in [7, 11) is 0. The number of nitrogens with two attached hydrogens (primary N) is 1. The zero-order valence-electron chi connectivity index (χ0n) is 8.31. The SMILES string of the molecule is NC(=O)CC=Cc1cc(Cl)cc(C=O)c1O. The Labute approximate surface area is 97.3 Å². The minimum atomic E-state index is -0.478. The third-order valence-electron chi connectivity index (χ3n) is 1.88. The highest BCUT2D eigenvalue weighted by Gasteiger charge is 2.06. The van der Waals surface area contributed by atoms with Gasteiger partial charge in [0.25, 0.3) is 0 Å². The molecule has 1 aromatic rings. The molecule has 0 spiro atoms. The molecular formula is C11H10ClNO3. The molecule has 1 aromatic carbocycles. The third kappa shape index (κ3) is 3.10. The lowest BCUT2D eigenvalue weighted by Gasteiger charge is -2.03. The summed E-state index contributed by atoms with van der Waals surface area (Å²) >= 11 is 5.75. The summed E-state index contributed by atoms with van der Waals surface area (Å²) in [6.45, 7) is 0. The maximum atomic E-state index is 10.6. The number of rotatable bonds is 4. The first-order valence-electron chi connectivity index (χ1n) is 4.47. The average molecular weight is 240 g/mol. The van der Waals surface area contributed by atoms with Crippen LogP contribution in [-0.2, 0) is 4.79 Å². The van der Waals surface area contributed by atoms with E-state index in [4.69, 9.17) is 17.3 Å². The van der Waals surface area contributed by atoms with E-state index in [2.05, 4.69) is 0 Å². The molecule has 0 atom stereocenters. The van der Waals surface area contributed by atoms with Crippen molar-refractivity contribution >= 4 is 29.9 Å². The average Bonchev–Trinajstić information content (AvgIpc) is 2.22. The van der Waals surface area contributed by atoms with Gasteiger partial charge in [-0.05, 0) is 12.1 Å². The maximum absolute atomic E-state index is 10.6. The zero-order chi connectivity index (χ0) is 12.1. The Balaban J connectivity index is 3.04. The summed E-state index contributed by atoms with van der Waals surface area (Å²) in [6.07, 6.45) is 3.54. The number of primary amides is 1. The van der Waals surface area contributed by atoms with Crippen molar-refractivity contribution in [3.05, 3.63) is 34.4 Å². The lowest BCUT2D eigenvalue weighted by molar-refractivity contribution is -0.117. The number of halogens is 1. The van der Waals surface area contributed by atoms with E-state index in [0.29, 0.717) is 16.9 Å². The van der Waals surface area contributed by atoms with Gasteiger partial charge in [0, 0.05) is 17.0 Å². The molecule has 1 amide bonds. The number of carbonyl (C=O) groups is 2. The maximum Gasteiger partial charge on any atom is 0.221 e. The molecule has 0 aliphatic rings. The summed E-state index contributed by atoms with van der Waals surface area (Å²) < 4.78 is 0. The van der Waals surface area contributed by atoms with Gasteiger partial charge in [-0.3, -0.25) is 9.59 Å². The van der Waals surface area contributed by atoms with Crippen LogP contribution in [0.15, 0.2) is 18.2 Å². The van der Waals surface area contributed by atoms with E-state index in [-0.39, 0.29) is 17.7 Å². The molecule has 0 heterocycles. The van der Waals surface area contributed by atoms with E-state index >= 15 is 0 Å². The normalized spacial score (nSPS) is 10.6. The summed E-state index contributed by atoms with van der Waals surface area (Å²) in [6, 6.07) is 2.84. The van der Waals surface area contributed by atoms with Gasteiger partial charge >= 0.3 is 0 Å². The van der Waals surface area contributed by atoms with Gasteiger partial charge in [0.2, 0.25) is 5.91 Å². The van der Waals surface area contributed by atoms with E-state index in [1.54, 1.807) is 0 Å². The first kappa shape index (κ1) is 12.3. The van der Waals surface area contributed by atoms with Crippen LogP contribution in [-0.4, -0.2) is 17.3 Å². The number of amides is 1. The summed E-state index contributed by atoms with van der Waals surface area (Å²) in [5, 5.41) is 9.95. The Morgan fingerprint density at radius 3 is 2.62 bits per heavy atom. The van der Waals surface area contributed by atoms with Gasteiger partial charge in [-0.1, -0.05) is 23.8 Å². The van der Waals surface area contributed by atoms with Crippen molar-refractivity contribution in [1.29, 1.82) is 0 Å². The molecule has 84 valence electrons. The lowest BCUT2D eigenvalue weighted by atomic mass is 10.1. The molecule has 0 fully saturated rings. The van der Waals surface area contributed by atoms with Crippen LogP contribution in [0.2, 0.25) is 5.02 Å². The van der Waals surface area contributed by atoms with Crippen molar-refractivity contribution in [2.45, 2.75) is 6.42 Å². The Bertz CT molecular complexity index is 455. The van der Waals surface area contributed by atoms with Crippen LogP contribution < -0.4 is 5.73 Å². The van der Waals surface area contributed by atoms with Gasteiger partial charge in [0.15, 0.2) is 6.29 Å². The number of phenols is 1. The number of aromatic hydroxyl groups is 1. The second kappa shape index (κ2) is 5.32. The fourth-order valence-electron chi connectivity index (χ4n) is 1.16. The van der Waals surface area contributed by atoms with Crippen molar-refractivity contribution in [3.8, 4) is 5.75 Å². The van der Waals surface area contributed by atoms with E-state index in [0.717, 1.165) is 0 Å². The second-order valence-corrected chi connectivity index (χ2v) is 3.56. The van der Waals surface area contributed by atoms with E-state index in [1.165, 1.54) is 24.3 Å². The Kier molecular flexibility index (Phi) is 4.08. The predicted molar refractivity (Wildman–Crippen MR) is 61.3 cm³/mol. The molecule has 0 aromatic heterocycles. The highest BCUT2D eigenvalue weighted by atomic mass is 35.5. The Morgan fingerprint density at radius 1 is 1.44 bits per heavy atom. The summed E-state index contributed by atoms with van der Waals surface area (Å²) in [5.74, 6) is -0.645. The first-order chi connectivity index (χ1) is 7.54. The predicted octanol–water partition coefficient (Wildman–Crippen LogP) is 1.75. The largest absolute Gasteiger partial charge is 0.507 e. The number of hydrogen-bond acceptors (Lipinski definition) is 3. The van der Waals surface area contributed by atoms with Crippen LogP contribution in [0.1, 0.15) is 22.3 Å². The van der Waals surface area contributed by atoms with Gasteiger partial charge in [-0.15, -0.1) is 0 Å². The van der Waals surface area contributed by atoms with Crippen molar-refractivity contribution in [2.75, 3.05) is 0 Å². The molecule has 0 unspecified atom stereocenters. The molecule has 4 nitrogen and oxygen atoms in total. The summed E-state index contributed by atoms with van der Waals surface area (Å²) in [4.78, 5) is 21.1. The van der Waals surface area contributed by atoms with E-state index in [1.807, 2.05) is 0 Å². The van der Waals surface area contributed by atoms with Gasteiger partial charge in [0.1, 0.15) is 5.75 Å². The van der Waals surface area contributed by atoms with Crippen molar-refractivity contribution in [3.63, 3.8) is 0 Å². The van der Waals surface area contributed by atoms with E-state index < -0.39 is 5.91 Å². The van der Waals surface area contributed by atoms with Crippen molar-refractivity contribution in [1.82, 2.24) is 0 Å².